The molecule has 0 radical (unpaired) electrons. The van der Waals surface area contributed by atoms with E-state index in [4.69, 9.17) is 38.4 Å². The highest BCUT2D eigenvalue weighted by Gasteiger charge is 2.21. The molecule has 11 nitrogen and oxygen atoms in total. The van der Waals surface area contributed by atoms with Crippen LogP contribution in [0.3, 0.4) is 0 Å². The van der Waals surface area contributed by atoms with Gasteiger partial charge in [0.1, 0.15) is 33.7 Å². The quantitative estimate of drug-likeness (QED) is 0.434. The second-order valence-corrected chi connectivity index (χ2v) is 7.34. The van der Waals surface area contributed by atoms with Crippen LogP contribution in [0.5, 0.6) is 11.5 Å². The van der Waals surface area contributed by atoms with Crippen LogP contribution < -0.4 is 25.4 Å². The van der Waals surface area contributed by atoms with Crippen LogP contribution in [0.2, 0.25) is 10.0 Å². The predicted molar refractivity (Wildman–Crippen MR) is 128 cm³/mol. The molecule has 34 heavy (non-hydrogen) atoms. The van der Waals surface area contributed by atoms with E-state index in [9.17, 15) is 9.59 Å². The van der Waals surface area contributed by atoms with E-state index in [-0.39, 0.29) is 50.1 Å². The summed E-state index contributed by atoms with van der Waals surface area (Å²) >= 11 is 12.6. The molecule has 0 bridgehead atoms. The number of benzene rings is 2. The van der Waals surface area contributed by atoms with Crippen molar-refractivity contribution in [3.05, 3.63) is 58.3 Å². The van der Waals surface area contributed by atoms with E-state index >= 15 is 0 Å². The number of nitrogens with one attached hydrogen (secondary N) is 1. The summed E-state index contributed by atoms with van der Waals surface area (Å²) in [5.74, 6) is 0.235. The van der Waals surface area contributed by atoms with Gasteiger partial charge in [0.05, 0.1) is 31.2 Å². The maximum Gasteiger partial charge on any atom is 0.327 e. The third-order valence-corrected chi connectivity index (χ3v) is 5.27. The molecule has 3 rings (SSSR count). The van der Waals surface area contributed by atoms with E-state index in [0.717, 1.165) is 0 Å². The van der Waals surface area contributed by atoms with Gasteiger partial charge in [0.2, 0.25) is 0 Å². The summed E-state index contributed by atoms with van der Waals surface area (Å²) in [5.41, 5.74) is 5.94. The van der Waals surface area contributed by atoms with E-state index in [1.807, 2.05) is 0 Å². The summed E-state index contributed by atoms with van der Waals surface area (Å²) in [6, 6.07) is 8.78. The molecule has 3 aromatic rings. The molecule has 0 aliphatic heterocycles. The van der Waals surface area contributed by atoms with Gasteiger partial charge in [-0.15, -0.1) is 10.2 Å². The van der Waals surface area contributed by atoms with Crippen molar-refractivity contribution < 1.29 is 19.1 Å². The predicted octanol–water partition coefficient (Wildman–Crippen LogP) is 4.98. The van der Waals surface area contributed by atoms with Crippen molar-refractivity contribution in [2.75, 3.05) is 31.5 Å². The number of primary amides is 1. The summed E-state index contributed by atoms with van der Waals surface area (Å²) in [6.45, 7) is 0. The topological polar surface area (TPSA) is 144 Å². The van der Waals surface area contributed by atoms with Gasteiger partial charge in [-0.25, -0.2) is 14.8 Å². The molecule has 0 saturated carbocycles. The molecule has 0 saturated heterocycles. The number of ether oxygens (including phenoxy) is 2. The van der Waals surface area contributed by atoms with Gasteiger partial charge in [-0.05, 0) is 12.1 Å². The number of hydrogen-bond acceptors (Lipinski definition) is 8. The van der Waals surface area contributed by atoms with Gasteiger partial charge in [-0.1, -0.05) is 35.3 Å². The Morgan fingerprint density at radius 1 is 1.03 bits per heavy atom. The monoisotopic (exact) mass is 503 g/mol. The minimum absolute atomic E-state index is 0.0975. The smallest absolute Gasteiger partial charge is 0.327 e. The molecule has 0 aliphatic rings. The van der Waals surface area contributed by atoms with Crippen molar-refractivity contribution in [1.29, 1.82) is 0 Å². The molecule has 3 amide bonds. The minimum Gasteiger partial charge on any atom is -0.495 e. The second kappa shape index (κ2) is 10.8. The van der Waals surface area contributed by atoms with Crippen molar-refractivity contribution in [3.63, 3.8) is 0 Å². The number of methoxy groups -OCH3 is 2. The van der Waals surface area contributed by atoms with Crippen LogP contribution in [-0.2, 0) is 0 Å². The fourth-order valence-corrected chi connectivity index (χ4v) is 3.34. The first-order valence-electron chi connectivity index (χ1n) is 9.54. The first kappa shape index (κ1) is 24.7. The molecular formula is C21H19Cl2N7O4. The number of aromatic nitrogens is 2. The van der Waals surface area contributed by atoms with Crippen molar-refractivity contribution in [2.24, 2.45) is 16.0 Å². The molecule has 0 unspecified atom stereocenters. The Kier molecular flexibility index (Phi) is 7.82. The van der Waals surface area contributed by atoms with Crippen molar-refractivity contribution in [2.45, 2.75) is 0 Å². The SMILES string of the molecule is COc1cc(OC)c(Cl)c(NC(=O)N(C)c2cc(N=Nc3ccccc3C(N)=O)ncn2)c1Cl. The summed E-state index contributed by atoms with van der Waals surface area (Å²) in [5, 5.41) is 10.9. The number of urea groups is 1. The van der Waals surface area contributed by atoms with Gasteiger partial charge in [0.15, 0.2) is 5.82 Å². The van der Waals surface area contributed by atoms with E-state index < -0.39 is 11.9 Å². The summed E-state index contributed by atoms with van der Waals surface area (Å²) in [7, 11) is 4.32. The lowest BCUT2D eigenvalue weighted by molar-refractivity contribution is 0.100. The lowest BCUT2D eigenvalue weighted by atomic mass is 10.2. The zero-order valence-corrected chi connectivity index (χ0v) is 19.8. The first-order valence-corrected chi connectivity index (χ1v) is 10.3. The Morgan fingerprint density at radius 3 is 2.29 bits per heavy atom. The number of azo groups is 1. The lowest BCUT2D eigenvalue weighted by Gasteiger charge is -2.20. The van der Waals surface area contributed by atoms with E-state index in [1.165, 1.54) is 50.7 Å². The third-order valence-electron chi connectivity index (χ3n) is 4.52. The normalized spacial score (nSPS) is 10.7. The van der Waals surface area contributed by atoms with Gasteiger partial charge in [0.25, 0.3) is 5.91 Å². The number of nitrogens with two attached hydrogens (primary N) is 1. The highest BCUT2D eigenvalue weighted by Crippen LogP contribution is 2.44. The molecule has 2 aromatic carbocycles. The number of amides is 3. The Labute approximate surface area is 204 Å². The molecule has 0 aliphatic carbocycles. The number of carbonyl (C=O) groups excluding carboxylic acids is 2. The highest BCUT2D eigenvalue weighted by atomic mass is 35.5. The fourth-order valence-electron chi connectivity index (χ4n) is 2.74. The lowest BCUT2D eigenvalue weighted by Crippen LogP contribution is -2.32. The van der Waals surface area contributed by atoms with Crippen molar-refractivity contribution >= 4 is 58.2 Å². The summed E-state index contributed by atoms with van der Waals surface area (Å²) in [6.07, 6.45) is 1.21. The van der Waals surface area contributed by atoms with Crippen LogP contribution in [0.1, 0.15) is 10.4 Å². The molecule has 3 N–H and O–H groups in total. The molecule has 1 aromatic heterocycles. The van der Waals surface area contributed by atoms with Gasteiger partial charge >= 0.3 is 6.03 Å². The van der Waals surface area contributed by atoms with Crippen LogP contribution >= 0.6 is 23.2 Å². The number of rotatable bonds is 7. The number of carbonyl (C=O) groups is 2. The maximum atomic E-state index is 12.9. The summed E-state index contributed by atoms with van der Waals surface area (Å²) in [4.78, 5) is 33.7. The average molecular weight is 504 g/mol. The second-order valence-electron chi connectivity index (χ2n) is 6.59. The number of halogens is 2. The molecular weight excluding hydrogens is 485 g/mol. The van der Waals surface area contributed by atoms with Gasteiger partial charge in [0, 0.05) is 19.2 Å². The van der Waals surface area contributed by atoms with E-state index in [1.54, 1.807) is 18.2 Å². The molecule has 176 valence electrons. The van der Waals surface area contributed by atoms with Crippen molar-refractivity contribution in [3.8, 4) is 11.5 Å². The molecule has 0 fully saturated rings. The van der Waals surface area contributed by atoms with E-state index in [0.29, 0.717) is 0 Å². The third kappa shape index (κ3) is 5.33. The summed E-state index contributed by atoms with van der Waals surface area (Å²) < 4.78 is 10.4. The maximum absolute atomic E-state index is 12.9. The first-order chi connectivity index (χ1) is 16.3. The molecule has 13 heteroatoms. The Balaban J connectivity index is 1.84. The largest absolute Gasteiger partial charge is 0.495 e. The average Bonchev–Trinajstić information content (AvgIpc) is 2.85. The van der Waals surface area contributed by atoms with E-state index in [2.05, 4.69) is 25.5 Å². The number of nitrogens with zero attached hydrogens (tertiary/aromatic N) is 5. The zero-order chi connectivity index (χ0) is 24.8. The number of hydrogen-bond donors (Lipinski definition) is 2. The van der Waals surface area contributed by atoms with Crippen LogP contribution in [0.4, 0.5) is 27.8 Å². The Bertz CT molecular complexity index is 1240. The van der Waals surface area contributed by atoms with Gasteiger partial charge in [-0.3, -0.25) is 9.69 Å². The van der Waals surface area contributed by atoms with Crippen molar-refractivity contribution in [1.82, 2.24) is 9.97 Å². The zero-order valence-electron chi connectivity index (χ0n) is 18.2. The fraction of sp³-hybridized carbons (Fsp3) is 0.143. The molecule has 0 atom stereocenters. The van der Waals surface area contributed by atoms with Gasteiger partial charge < -0.3 is 20.5 Å². The minimum atomic E-state index is -0.638. The molecule has 1 heterocycles. The van der Waals surface area contributed by atoms with Crippen LogP contribution in [0.15, 0.2) is 53.0 Å². The van der Waals surface area contributed by atoms with Crippen LogP contribution in [0.25, 0.3) is 0 Å². The van der Waals surface area contributed by atoms with Crippen LogP contribution in [-0.4, -0.2) is 43.2 Å². The Morgan fingerprint density at radius 2 is 1.68 bits per heavy atom. The van der Waals surface area contributed by atoms with Gasteiger partial charge in [-0.2, -0.15) is 0 Å². The highest BCUT2D eigenvalue weighted by molar-refractivity contribution is 6.41. The van der Waals surface area contributed by atoms with Crippen LogP contribution in [0, 0.1) is 0 Å². The Hall–Kier alpha value is -3.96. The number of anilines is 2. The standard InChI is InChI=1S/C21H19Cl2N7O4/c1-30(21(32)27-19-17(22)13(33-2)8-14(34-3)18(19)23)16-9-15(25-10-26-16)29-28-12-7-5-4-6-11(12)20(24)31/h4-10H,1-3H3,(H2,24,31)(H,27,32). The molecule has 0 spiro atoms.